The van der Waals surface area contributed by atoms with E-state index in [1.165, 1.54) is 14.2 Å². The van der Waals surface area contributed by atoms with E-state index in [1.807, 2.05) is 7.05 Å². The van der Waals surface area contributed by atoms with E-state index in [2.05, 4.69) is 4.90 Å². The monoisotopic (exact) mass is 291 g/mol. The van der Waals surface area contributed by atoms with Gasteiger partial charge in [-0.1, -0.05) is 0 Å². The molecule has 0 saturated carbocycles. The molecule has 0 radical (unpaired) electrons. The van der Waals surface area contributed by atoms with Crippen molar-refractivity contribution in [2.24, 2.45) is 0 Å². The van der Waals surface area contributed by atoms with Gasteiger partial charge in [0.2, 0.25) is 0 Å². The van der Waals surface area contributed by atoms with Crippen LogP contribution >= 0.6 is 0 Å². The van der Waals surface area contributed by atoms with Crippen molar-refractivity contribution in [2.75, 3.05) is 40.8 Å². The molecule has 2 aliphatic rings. The normalized spacial score (nSPS) is 28.8. The van der Waals surface area contributed by atoms with Crippen LogP contribution in [0.15, 0.2) is 0 Å². The average Bonchev–Trinajstić information content (AvgIpc) is 2.74. The summed E-state index contributed by atoms with van der Waals surface area (Å²) in [6, 6.07) is -0.720. The number of hydrogen-bond acceptors (Lipinski definition) is 4. The zero-order chi connectivity index (χ0) is 14.9. The zero-order valence-electron chi connectivity index (χ0n) is 12.3. The molecule has 2 aliphatic heterocycles. The molecular formula is C13H23F2N3O2. The third kappa shape index (κ3) is 3.27. The Morgan fingerprint density at radius 2 is 1.95 bits per heavy atom. The van der Waals surface area contributed by atoms with Gasteiger partial charge in [-0.3, -0.25) is 14.5 Å². The molecule has 7 heteroatoms. The molecule has 2 fully saturated rings. The topological polar surface area (TPSA) is 36.0 Å². The van der Waals surface area contributed by atoms with E-state index in [9.17, 15) is 13.6 Å². The molecule has 20 heavy (non-hydrogen) atoms. The Morgan fingerprint density at radius 3 is 2.50 bits per heavy atom. The van der Waals surface area contributed by atoms with Gasteiger partial charge in [0, 0.05) is 19.5 Å². The standard InChI is InChI=1S/C13H23F2N3O2/c1-16-6-4-10(5-7-16)18-9-13(14,15)8-11(18)12(19)17(2)20-3/h10-11H,4-9H2,1-3H3/t11-/m0/s1. The number of hydroxylamine groups is 2. The molecule has 0 spiro atoms. The molecule has 0 unspecified atom stereocenters. The van der Waals surface area contributed by atoms with Crippen molar-refractivity contribution in [3.63, 3.8) is 0 Å². The second kappa shape index (κ2) is 5.91. The van der Waals surface area contributed by atoms with Crippen molar-refractivity contribution in [1.82, 2.24) is 14.9 Å². The molecule has 1 atom stereocenters. The minimum absolute atomic E-state index is 0.0544. The number of hydrogen-bond donors (Lipinski definition) is 0. The Morgan fingerprint density at radius 1 is 1.35 bits per heavy atom. The molecule has 0 aromatic rings. The molecular weight excluding hydrogens is 268 g/mol. The van der Waals surface area contributed by atoms with Gasteiger partial charge in [0.1, 0.15) is 0 Å². The molecule has 0 aromatic carbocycles. The molecule has 116 valence electrons. The summed E-state index contributed by atoms with van der Waals surface area (Å²) in [6.07, 6.45) is 1.24. The molecule has 0 aliphatic carbocycles. The van der Waals surface area contributed by atoms with Crippen LogP contribution < -0.4 is 0 Å². The van der Waals surface area contributed by atoms with E-state index in [-0.39, 0.29) is 18.5 Å². The maximum Gasteiger partial charge on any atom is 0.263 e. The highest BCUT2D eigenvalue weighted by molar-refractivity contribution is 5.81. The number of piperidine rings is 1. The summed E-state index contributed by atoms with van der Waals surface area (Å²) in [5.41, 5.74) is 0. The van der Waals surface area contributed by atoms with Crippen LogP contribution in [0, 0.1) is 0 Å². The van der Waals surface area contributed by atoms with Crippen molar-refractivity contribution in [3.05, 3.63) is 0 Å². The summed E-state index contributed by atoms with van der Waals surface area (Å²) >= 11 is 0. The first-order valence-electron chi connectivity index (χ1n) is 6.98. The van der Waals surface area contributed by atoms with Gasteiger partial charge in [-0.15, -0.1) is 0 Å². The molecule has 5 nitrogen and oxygen atoms in total. The highest BCUT2D eigenvalue weighted by Crippen LogP contribution is 2.36. The number of likely N-dealkylation sites (tertiary alicyclic amines) is 2. The van der Waals surface area contributed by atoms with Crippen molar-refractivity contribution < 1.29 is 18.4 Å². The van der Waals surface area contributed by atoms with Crippen LogP contribution in [-0.2, 0) is 9.63 Å². The summed E-state index contributed by atoms with van der Waals surface area (Å²) in [6.45, 7) is 1.44. The first kappa shape index (κ1) is 15.6. The van der Waals surface area contributed by atoms with Gasteiger partial charge in [0.05, 0.1) is 19.7 Å². The van der Waals surface area contributed by atoms with E-state index in [0.717, 1.165) is 31.0 Å². The Balaban J connectivity index is 2.10. The number of amides is 1. The van der Waals surface area contributed by atoms with Crippen LogP contribution in [0.3, 0.4) is 0 Å². The number of carbonyl (C=O) groups excluding carboxylic acids is 1. The number of rotatable bonds is 3. The predicted octanol–water partition coefficient (Wildman–Crippen LogP) is 0.810. The van der Waals surface area contributed by atoms with E-state index in [4.69, 9.17) is 4.84 Å². The molecule has 0 aromatic heterocycles. The Bertz CT molecular complexity index is 360. The van der Waals surface area contributed by atoms with Gasteiger partial charge in [-0.25, -0.2) is 13.8 Å². The van der Waals surface area contributed by atoms with Gasteiger partial charge < -0.3 is 4.90 Å². The minimum atomic E-state index is -2.79. The van der Waals surface area contributed by atoms with Gasteiger partial charge in [-0.05, 0) is 33.0 Å². The fourth-order valence-corrected chi connectivity index (χ4v) is 3.08. The van der Waals surface area contributed by atoms with E-state index in [1.54, 1.807) is 4.90 Å². The first-order valence-corrected chi connectivity index (χ1v) is 6.98. The molecule has 2 saturated heterocycles. The zero-order valence-corrected chi connectivity index (χ0v) is 12.3. The van der Waals surface area contributed by atoms with Crippen LogP contribution in [0.2, 0.25) is 0 Å². The molecule has 2 rings (SSSR count). The van der Waals surface area contributed by atoms with Crippen LogP contribution in [0.25, 0.3) is 0 Å². The van der Waals surface area contributed by atoms with Crippen LogP contribution in [-0.4, -0.2) is 79.6 Å². The second-order valence-electron chi connectivity index (χ2n) is 5.80. The van der Waals surface area contributed by atoms with Crippen molar-refractivity contribution in [1.29, 1.82) is 0 Å². The molecule has 0 bridgehead atoms. The number of likely N-dealkylation sites (N-methyl/N-ethyl adjacent to an activating group) is 1. The van der Waals surface area contributed by atoms with Crippen LogP contribution in [0.1, 0.15) is 19.3 Å². The van der Waals surface area contributed by atoms with Gasteiger partial charge >= 0.3 is 0 Å². The number of halogens is 2. The third-order valence-electron chi connectivity index (χ3n) is 4.33. The summed E-state index contributed by atoms with van der Waals surface area (Å²) in [5, 5.41) is 1.05. The smallest absolute Gasteiger partial charge is 0.263 e. The van der Waals surface area contributed by atoms with Crippen LogP contribution in [0.4, 0.5) is 8.78 Å². The first-order chi connectivity index (χ1) is 9.34. The van der Waals surface area contributed by atoms with Crippen molar-refractivity contribution in [3.8, 4) is 0 Å². The SMILES string of the molecule is CON(C)C(=O)[C@@H]1CC(F)(F)CN1C1CCN(C)CC1. The minimum Gasteiger partial charge on any atom is -0.306 e. The van der Waals surface area contributed by atoms with Crippen LogP contribution in [0.5, 0.6) is 0 Å². The fraction of sp³-hybridized carbons (Fsp3) is 0.923. The maximum atomic E-state index is 13.7. The number of alkyl halides is 2. The largest absolute Gasteiger partial charge is 0.306 e. The summed E-state index contributed by atoms with van der Waals surface area (Å²) in [7, 11) is 4.85. The lowest BCUT2D eigenvalue weighted by Crippen LogP contribution is -2.51. The highest BCUT2D eigenvalue weighted by Gasteiger charge is 2.51. The molecule has 2 heterocycles. The van der Waals surface area contributed by atoms with E-state index < -0.39 is 18.4 Å². The molecule has 0 N–H and O–H groups in total. The third-order valence-corrected chi connectivity index (χ3v) is 4.33. The molecule has 1 amide bonds. The predicted molar refractivity (Wildman–Crippen MR) is 70.4 cm³/mol. The Labute approximate surface area is 118 Å². The fourth-order valence-electron chi connectivity index (χ4n) is 3.08. The Hall–Kier alpha value is -0.790. The summed E-state index contributed by atoms with van der Waals surface area (Å²) in [4.78, 5) is 20.9. The lowest BCUT2D eigenvalue weighted by atomic mass is 10.0. The summed E-state index contributed by atoms with van der Waals surface area (Å²) in [5.74, 6) is -3.18. The van der Waals surface area contributed by atoms with Gasteiger partial charge in [-0.2, -0.15) is 0 Å². The maximum absolute atomic E-state index is 13.7. The van der Waals surface area contributed by atoms with E-state index in [0.29, 0.717) is 0 Å². The number of nitrogens with zero attached hydrogens (tertiary/aromatic N) is 3. The quantitative estimate of drug-likeness (QED) is 0.721. The van der Waals surface area contributed by atoms with E-state index >= 15 is 0 Å². The highest BCUT2D eigenvalue weighted by atomic mass is 19.3. The second-order valence-corrected chi connectivity index (χ2v) is 5.80. The summed E-state index contributed by atoms with van der Waals surface area (Å²) < 4.78 is 27.5. The average molecular weight is 291 g/mol. The lowest BCUT2D eigenvalue weighted by molar-refractivity contribution is -0.174. The Kier molecular flexibility index (Phi) is 4.61. The lowest BCUT2D eigenvalue weighted by Gasteiger charge is -2.37. The van der Waals surface area contributed by atoms with Crippen molar-refractivity contribution >= 4 is 5.91 Å². The van der Waals surface area contributed by atoms with Gasteiger partial charge in [0.15, 0.2) is 0 Å². The van der Waals surface area contributed by atoms with Crippen molar-refractivity contribution in [2.45, 2.75) is 37.3 Å². The van der Waals surface area contributed by atoms with Gasteiger partial charge in [0.25, 0.3) is 11.8 Å². The number of carbonyl (C=O) groups is 1.